The molecular formula is C23H10ClN3O5. The van der Waals surface area contributed by atoms with Crippen molar-refractivity contribution >= 4 is 46.3 Å². The maximum absolute atomic E-state index is 13.1. The van der Waals surface area contributed by atoms with Crippen molar-refractivity contribution in [3.05, 3.63) is 87.9 Å². The van der Waals surface area contributed by atoms with Gasteiger partial charge in [-0.15, -0.1) is 0 Å². The highest BCUT2D eigenvalue weighted by Gasteiger charge is 2.48. The average molecular weight is 444 g/mol. The molecule has 32 heavy (non-hydrogen) atoms. The van der Waals surface area contributed by atoms with E-state index in [9.17, 15) is 19.2 Å². The minimum Gasteiger partial charge on any atom is -0.436 e. The van der Waals surface area contributed by atoms with E-state index in [0.717, 1.165) is 0 Å². The molecule has 0 saturated heterocycles. The van der Waals surface area contributed by atoms with Crippen LogP contribution in [0.5, 0.6) is 0 Å². The summed E-state index contributed by atoms with van der Waals surface area (Å²) in [7, 11) is 0. The highest BCUT2D eigenvalue weighted by Crippen LogP contribution is 2.34. The molecule has 3 heterocycles. The maximum Gasteiger partial charge on any atom is 0.281 e. The highest BCUT2D eigenvalue weighted by atomic mass is 35.5. The molecule has 0 bridgehead atoms. The van der Waals surface area contributed by atoms with Crippen molar-refractivity contribution in [1.82, 2.24) is 15.0 Å². The molecule has 3 aromatic carbocycles. The number of imide groups is 2. The number of carbonyl (C=O) groups excluding carboxylic acids is 4. The SMILES string of the molecule is O=C1c2ccccc2C(=O)N1N1C(=O)c2ccc(-c3nc4cc(Cl)ccc4o3)cc2C1=O. The number of aromatic nitrogens is 1. The summed E-state index contributed by atoms with van der Waals surface area (Å²) < 4.78 is 5.74. The fourth-order valence-electron chi connectivity index (χ4n) is 3.93. The number of halogens is 1. The standard InChI is InChI=1S/C23H10ClN3O5/c24-12-6-8-18-17(10-12)25-19(32-18)11-5-7-15-16(9-11)23(31)27(22(15)30)26-20(28)13-3-1-2-4-14(13)21(26)29/h1-10H. The minimum atomic E-state index is -0.777. The van der Waals surface area contributed by atoms with Gasteiger partial charge in [0.05, 0.1) is 22.3 Å². The van der Waals surface area contributed by atoms with Crippen LogP contribution in [0.4, 0.5) is 0 Å². The van der Waals surface area contributed by atoms with E-state index in [-0.39, 0.29) is 28.1 Å². The van der Waals surface area contributed by atoms with Crippen molar-refractivity contribution in [2.75, 3.05) is 0 Å². The predicted octanol–water partition coefficient (Wildman–Crippen LogP) is 3.96. The van der Waals surface area contributed by atoms with E-state index in [2.05, 4.69) is 4.98 Å². The van der Waals surface area contributed by atoms with Crippen LogP contribution in [0.25, 0.3) is 22.6 Å². The molecule has 0 aliphatic carbocycles. The van der Waals surface area contributed by atoms with Gasteiger partial charge in [-0.25, -0.2) is 4.98 Å². The zero-order chi connectivity index (χ0) is 22.1. The van der Waals surface area contributed by atoms with Crippen LogP contribution in [0, 0.1) is 0 Å². The quantitative estimate of drug-likeness (QED) is 0.435. The molecule has 0 spiro atoms. The number of rotatable bonds is 2. The number of oxazole rings is 1. The van der Waals surface area contributed by atoms with Gasteiger partial charge >= 0.3 is 0 Å². The third-order valence-corrected chi connectivity index (χ3v) is 5.67. The summed E-state index contributed by atoms with van der Waals surface area (Å²) in [5.41, 5.74) is 1.92. The molecule has 6 rings (SSSR count). The molecule has 0 unspecified atom stereocenters. The van der Waals surface area contributed by atoms with Crippen molar-refractivity contribution in [2.24, 2.45) is 0 Å². The van der Waals surface area contributed by atoms with Crippen LogP contribution in [0.2, 0.25) is 5.02 Å². The number of nitrogens with zero attached hydrogens (tertiary/aromatic N) is 3. The Kier molecular flexibility index (Phi) is 3.66. The van der Waals surface area contributed by atoms with E-state index in [1.165, 1.54) is 24.3 Å². The first-order valence-corrected chi connectivity index (χ1v) is 9.89. The Morgan fingerprint density at radius 2 is 1.28 bits per heavy atom. The van der Waals surface area contributed by atoms with Crippen LogP contribution in [-0.4, -0.2) is 38.6 Å². The van der Waals surface area contributed by atoms with E-state index in [0.29, 0.717) is 31.7 Å². The van der Waals surface area contributed by atoms with E-state index in [4.69, 9.17) is 16.0 Å². The molecule has 0 N–H and O–H groups in total. The molecule has 0 saturated carbocycles. The topological polar surface area (TPSA) is 101 Å². The normalized spacial score (nSPS) is 15.2. The molecule has 1 aromatic heterocycles. The number of benzene rings is 3. The molecule has 2 aliphatic rings. The van der Waals surface area contributed by atoms with Crippen molar-refractivity contribution in [2.45, 2.75) is 0 Å². The molecular weight excluding hydrogens is 434 g/mol. The Morgan fingerprint density at radius 1 is 0.688 bits per heavy atom. The van der Waals surface area contributed by atoms with Gasteiger partial charge in [0.2, 0.25) is 5.89 Å². The smallest absolute Gasteiger partial charge is 0.281 e. The van der Waals surface area contributed by atoms with Crippen molar-refractivity contribution in [3.8, 4) is 11.5 Å². The second-order valence-electron chi connectivity index (χ2n) is 7.28. The highest BCUT2D eigenvalue weighted by molar-refractivity contribution is 6.31. The number of fused-ring (bicyclic) bond motifs is 3. The second kappa shape index (κ2) is 6.35. The fourth-order valence-corrected chi connectivity index (χ4v) is 4.09. The predicted molar refractivity (Wildman–Crippen MR) is 112 cm³/mol. The Hall–Kier alpha value is -4.30. The molecule has 0 radical (unpaired) electrons. The van der Waals surface area contributed by atoms with E-state index < -0.39 is 23.6 Å². The van der Waals surface area contributed by atoms with Gasteiger partial charge in [0.15, 0.2) is 5.58 Å². The molecule has 8 nitrogen and oxygen atoms in total. The first-order chi connectivity index (χ1) is 15.4. The Bertz CT molecular complexity index is 1500. The lowest BCUT2D eigenvalue weighted by molar-refractivity contribution is 0.00845. The third kappa shape index (κ3) is 2.41. The Morgan fingerprint density at radius 3 is 1.94 bits per heavy atom. The number of hydrogen-bond donors (Lipinski definition) is 0. The zero-order valence-corrected chi connectivity index (χ0v) is 16.8. The molecule has 4 amide bonds. The lowest BCUT2D eigenvalue weighted by Crippen LogP contribution is -2.49. The summed E-state index contributed by atoms with van der Waals surface area (Å²) in [5.74, 6) is -2.74. The Balaban J connectivity index is 1.40. The molecule has 0 atom stereocenters. The van der Waals surface area contributed by atoms with Gasteiger partial charge in [0.1, 0.15) is 5.52 Å². The monoisotopic (exact) mass is 443 g/mol. The van der Waals surface area contributed by atoms with E-state index >= 15 is 0 Å². The third-order valence-electron chi connectivity index (χ3n) is 5.43. The molecule has 4 aromatic rings. The number of carbonyl (C=O) groups is 4. The fraction of sp³-hybridized carbons (Fsp3) is 0. The summed E-state index contributed by atoms with van der Waals surface area (Å²) in [6, 6.07) is 15.7. The van der Waals surface area contributed by atoms with Crippen LogP contribution in [0.15, 0.2) is 65.1 Å². The van der Waals surface area contributed by atoms with Crippen LogP contribution >= 0.6 is 11.6 Å². The van der Waals surface area contributed by atoms with Crippen LogP contribution in [0.3, 0.4) is 0 Å². The van der Waals surface area contributed by atoms with Gasteiger partial charge < -0.3 is 4.42 Å². The van der Waals surface area contributed by atoms with Gasteiger partial charge in [-0.1, -0.05) is 23.7 Å². The second-order valence-corrected chi connectivity index (χ2v) is 7.72. The lowest BCUT2D eigenvalue weighted by atomic mass is 10.1. The first-order valence-electron chi connectivity index (χ1n) is 9.51. The van der Waals surface area contributed by atoms with Crippen LogP contribution < -0.4 is 0 Å². The number of hydrazine groups is 1. The summed E-state index contributed by atoms with van der Waals surface area (Å²) >= 11 is 5.99. The molecule has 9 heteroatoms. The van der Waals surface area contributed by atoms with Crippen molar-refractivity contribution in [1.29, 1.82) is 0 Å². The average Bonchev–Trinajstić information content (AvgIpc) is 3.40. The van der Waals surface area contributed by atoms with Gasteiger partial charge in [0, 0.05) is 10.6 Å². The first kappa shape index (κ1) is 18.5. The minimum absolute atomic E-state index is 0.0457. The van der Waals surface area contributed by atoms with Gasteiger partial charge in [-0.05, 0) is 48.5 Å². The van der Waals surface area contributed by atoms with Crippen molar-refractivity contribution < 1.29 is 23.6 Å². The summed E-state index contributed by atoms with van der Waals surface area (Å²) in [5, 5.41) is 1.69. The number of hydrogen-bond acceptors (Lipinski definition) is 6. The molecule has 154 valence electrons. The molecule has 0 fully saturated rings. The largest absolute Gasteiger partial charge is 0.436 e. The lowest BCUT2D eigenvalue weighted by Gasteiger charge is -2.23. The summed E-state index contributed by atoms with van der Waals surface area (Å²) in [6.07, 6.45) is 0. The van der Waals surface area contributed by atoms with Gasteiger partial charge in [0.25, 0.3) is 23.6 Å². The number of amides is 4. The van der Waals surface area contributed by atoms with E-state index in [1.54, 1.807) is 36.4 Å². The van der Waals surface area contributed by atoms with Crippen molar-refractivity contribution in [3.63, 3.8) is 0 Å². The van der Waals surface area contributed by atoms with Gasteiger partial charge in [-0.2, -0.15) is 10.0 Å². The van der Waals surface area contributed by atoms with Gasteiger partial charge in [-0.3, -0.25) is 19.2 Å². The van der Waals surface area contributed by atoms with Crippen LogP contribution in [-0.2, 0) is 0 Å². The maximum atomic E-state index is 13.1. The zero-order valence-electron chi connectivity index (χ0n) is 16.0. The summed E-state index contributed by atoms with van der Waals surface area (Å²) in [4.78, 5) is 56.0. The molecule has 2 aliphatic heterocycles. The van der Waals surface area contributed by atoms with Crippen LogP contribution in [0.1, 0.15) is 41.4 Å². The summed E-state index contributed by atoms with van der Waals surface area (Å²) in [6.45, 7) is 0. The van der Waals surface area contributed by atoms with E-state index in [1.807, 2.05) is 0 Å². The Labute approximate surface area is 184 Å².